The quantitative estimate of drug-likeness (QED) is 0.384. The Morgan fingerprint density at radius 1 is 1.10 bits per heavy atom. The van der Waals surface area contributed by atoms with Crippen molar-refractivity contribution in [2.75, 3.05) is 0 Å². The second kappa shape index (κ2) is 9.58. The Kier molecular flexibility index (Phi) is 8.02. The van der Waals surface area contributed by atoms with E-state index in [0.29, 0.717) is 11.8 Å². The van der Waals surface area contributed by atoms with E-state index in [1.807, 2.05) is 0 Å². The van der Waals surface area contributed by atoms with Crippen LogP contribution < -0.4 is 0 Å². The number of benzene rings is 1. The largest absolute Gasteiger partial charge is 0.0877 e. The highest BCUT2D eigenvalue weighted by Gasteiger charge is 2.11. The molecule has 0 saturated heterocycles. The number of aryl methyl sites for hydroxylation is 1. The Hall–Kier alpha value is -1.30. The maximum absolute atomic E-state index is 2.40. The van der Waals surface area contributed by atoms with E-state index in [9.17, 15) is 0 Å². The molecule has 2 unspecified atom stereocenters. The van der Waals surface area contributed by atoms with Crippen LogP contribution in [0.2, 0.25) is 0 Å². The van der Waals surface area contributed by atoms with E-state index in [2.05, 4.69) is 76.3 Å². The minimum absolute atomic E-state index is 0.567. The second-order valence-corrected chi connectivity index (χ2v) is 5.76. The van der Waals surface area contributed by atoms with Gasteiger partial charge in [0.1, 0.15) is 0 Å². The van der Waals surface area contributed by atoms with E-state index in [1.165, 1.54) is 36.8 Å². The van der Waals surface area contributed by atoms with Gasteiger partial charge in [-0.05, 0) is 42.7 Å². The molecule has 0 aliphatic rings. The lowest BCUT2D eigenvalue weighted by Gasteiger charge is -2.18. The third kappa shape index (κ3) is 5.77. The standard InChI is InChI=1S/C20H30/c1-5-7-9-12-17(3)18(4)20-15-11-14-19(16-20)13-10-8-6-2/h5,7,9,11-12,14-18H,6,8,10,13H2,1-4H3. The van der Waals surface area contributed by atoms with E-state index >= 15 is 0 Å². The first-order valence-corrected chi connectivity index (χ1v) is 8.07. The van der Waals surface area contributed by atoms with Gasteiger partial charge in [-0.2, -0.15) is 0 Å². The molecule has 0 amide bonds. The van der Waals surface area contributed by atoms with Crippen molar-refractivity contribution in [3.8, 4) is 0 Å². The molecule has 0 bridgehead atoms. The van der Waals surface area contributed by atoms with Crippen LogP contribution in [0.1, 0.15) is 64.0 Å². The summed E-state index contributed by atoms with van der Waals surface area (Å²) in [5.74, 6) is 1.14. The average Bonchev–Trinajstić information content (AvgIpc) is 2.47. The van der Waals surface area contributed by atoms with Crippen molar-refractivity contribution in [3.05, 3.63) is 59.7 Å². The summed E-state index contributed by atoms with van der Waals surface area (Å²) >= 11 is 0. The molecule has 1 aromatic carbocycles. The van der Waals surface area contributed by atoms with Crippen LogP contribution in [0.15, 0.2) is 48.6 Å². The number of allylic oxidation sites excluding steroid dienone is 4. The topological polar surface area (TPSA) is 0 Å². The minimum Gasteiger partial charge on any atom is -0.0877 e. The lowest BCUT2D eigenvalue weighted by Crippen LogP contribution is -2.04. The Bertz CT molecular complexity index is 425. The third-order valence-electron chi connectivity index (χ3n) is 4.05. The van der Waals surface area contributed by atoms with Gasteiger partial charge < -0.3 is 0 Å². The summed E-state index contributed by atoms with van der Waals surface area (Å²) in [5, 5.41) is 0. The number of unbranched alkanes of at least 4 members (excludes halogenated alkanes) is 2. The molecule has 0 aliphatic carbocycles. The fraction of sp³-hybridized carbons (Fsp3) is 0.500. The Morgan fingerprint density at radius 2 is 1.90 bits per heavy atom. The molecule has 0 spiro atoms. The number of rotatable bonds is 8. The van der Waals surface area contributed by atoms with Gasteiger partial charge in [0.2, 0.25) is 0 Å². The van der Waals surface area contributed by atoms with Crippen LogP contribution in [0.25, 0.3) is 0 Å². The summed E-state index contributed by atoms with van der Waals surface area (Å²) in [6.07, 6.45) is 13.8. The van der Waals surface area contributed by atoms with Gasteiger partial charge in [0.25, 0.3) is 0 Å². The van der Waals surface area contributed by atoms with Crippen LogP contribution in [0.3, 0.4) is 0 Å². The van der Waals surface area contributed by atoms with Crippen LogP contribution in [-0.2, 0) is 6.42 Å². The molecule has 20 heavy (non-hydrogen) atoms. The third-order valence-corrected chi connectivity index (χ3v) is 4.05. The normalized spacial score (nSPS) is 15.0. The highest BCUT2D eigenvalue weighted by molar-refractivity contribution is 5.27. The Labute approximate surface area is 125 Å². The second-order valence-electron chi connectivity index (χ2n) is 5.76. The summed E-state index contributed by atoms with van der Waals surface area (Å²) in [7, 11) is 0. The van der Waals surface area contributed by atoms with Gasteiger partial charge in [0.15, 0.2) is 0 Å². The maximum atomic E-state index is 2.40. The van der Waals surface area contributed by atoms with Crippen molar-refractivity contribution in [3.63, 3.8) is 0 Å². The molecule has 0 N–H and O–H groups in total. The molecule has 0 aromatic heterocycles. The lowest BCUT2D eigenvalue weighted by atomic mass is 9.87. The summed E-state index contributed by atoms with van der Waals surface area (Å²) in [6, 6.07) is 9.16. The van der Waals surface area contributed by atoms with Gasteiger partial charge in [0.05, 0.1) is 0 Å². The van der Waals surface area contributed by atoms with Crippen LogP contribution in [0, 0.1) is 5.92 Å². The van der Waals surface area contributed by atoms with Gasteiger partial charge in [0, 0.05) is 0 Å². The number of hydrogen-bond acceptors (Lipinski definition) is 0. The number of hydrogen-bond donors (Lipinski definition) is 0. The Morgan fingerprint density at radius 3 is 2.60 bits per heavy atom. The van der Waals surface area contributed by atoms with E-state index in [4.69, 9.17) is 0 Å². The van der Waals surface area contributed by atoms with Crippen LogP contribution in [-0.4, -0.2) is 0 Å². The molecular formula is C20H30. The lowest BCUT2D eigenvalue weighted by molar-refractivity contribution is 0.590. The van der Waals surface area contributed by atoms with Crippen LogP contribution in [0.5, 0.6) is 0 Å². The van der Waals surface area contributed by atoms with E-state index in [1.54, 1.807) is 0 Å². The predicted octanol–water partition coefficient (Wildman–Crippen LogP) is 6.29. The average molecular weight is 270 g/mol. The fourth-order valence-electron chi connectivity index (χ4n) is 2.43. The smallest absolute Gasteiger partial charge is 0.0130 e. The summed E-state index contributed by atoms with van der Waals surface area (Å²) in [6.45, 7) is 8.94. The highest BCUT2D eigenvalue weighted by atomic mass is 14.2. The first-order chi connectivity index (χ1) is 9.69. The van der Waals surface area contributed by atoms with Gasteiger partial charge in [-0.25, -0.2) is 0 Å². The van der Waals surface area contributed by atoms with Crippen molar-refractivity contribution in [1.82, 2.24) is 0 Å². The molecule has 0 radical (unpaired) electrons. The first kappa shape index (κ1) is 16.8. The van der Waals surface area contributed by atoms with Crippen molar-refractivity contribution < 1.29 is 0 Å². The monoisotopic (exact) mass is 270 g/mol. The highest BCUT2D eigenvalue weighted by Crippen LogP contribution is 2.26. The SMILES string of the molecule is CC=CC=CC(C)C(C)c1cccc(CCCCC)c1. The molecule has 0 heteroatoms. The molecule has 0 heterocycles. The zero-order chi connectivity index (χ0) is 14.8. The van der Waals surface area contributed by atoms with Crippen molar-refractivity contribution in [2.45, 2.75) is 59.3 Å². The van der Waals surface area contributed by atoms with Gasteiger partial charge >= 0.3 is 0 Å². The van der Waals surface area contributed by atoms with Gasteiger partial charge in [-0.15, -0.1) is 0 Å². The molecule has 0 aliphatic heterocycles. The zero-order valence-corrected chi connectivity index (χ0v) is 13.6. The summed E-state index contributed by atoms with van der Waals surface area (Å²) in [5.41, 5.74) is 2.96. The Balaban J connectivity index is 2.67. The fourth-order valence-corrected chi connectivity index (χ4v) is 2.43. The van der Waals surface area contributed by atoms with Crippen LogP contribution in [0.4, 0.5) is 0 Å². The van der Waals surface area contributed by atoms with E-state index in [0.717, 1.165) is 0 Å². The molecule has 2 atom stereocenters. The van der Waals surface area contributed by atoms with Crippen molar-refractivity contribution in [1.29, 1.82) is 0 Å². The first-order valence-electron chi connectivity index (χ1n) is 8.07. The molecule has 110 valence electrons. The minimum atomic E-state index is 0.567. The molecule has 1 rings (SSSR count). The summed E-state index contributed by atoms with van der Waals surface area (Å²) in [4.78, 5) is 0. The molecule has 0 nitrogen and oxygen atoms in total. The van der Waals surface area contributed by atoms with Crippen molar-refractivity contribution >= 4 is 0 Å². The van der Waals surface area contributed by atoms with E-state index < -0.39 is 0 Å². The molecule has 1 aromatic rings. The zero-order valence-electron chi connectivity index (χ0n) is 13.6. The van der Waals surface area contributed by atoms with Crippen LogP contribution >= 0.6 is 0 Å². The maximum Gasteiger partial charge on any atom is -0.0130 e. The predicted molar refractivity (Wildman–Crippen MR) is 91.2 cm³/mol. The van der Waals surface area contributed by atoms with E-state index in [-0.39, 0.29) is 0 Å². The van der Waals surface area contributed by atoms with Gasteiger partial charge in [-0.3, -0.25) is 0 Å². The summed E-state index contributed by atoms with van der Waals surface area (Å²) < 4.78 is 0. The van der Waals surface area contributed by atoms with Crippen molar-refractivity contribution in [2.24, 2.45) is 5.92 Å². The molecular weight excluding hydrogens is 240 g/mol. The van der Waals surface area contributed by atoms with Gasteiger partial charge in [-0.1, -0.05) is 82.2 Å². The molecule has 0 fully saturated rings. The molecule has 0 saturated carbocycles.